The molecule has 0 fully saturated rings. The van der Waals surface area contributed by atoms with E-state index in [0.717, 1.165) is 5.06 Å². The fourth-order valence-electron chi connectivity index (χ4n) is 1.37. The number of hydrogen-bond acceptors (Lipinski definition) is 4. The minimum Gasteiger partial charge on any atom is -0.466 e. The topological polar surface area (TPSA) is 55.8 Å². The third kappa shape index (κ3) is 4.39. The average Bonchev–Trinajstić information content (AvgIpc) is 2.43. The highest BCUT2D eigenvalue weighted by Crippen LogP contribution is 2.25. The van der Waals surface area contributed by atoms with Gasteiger partial charge < -0.3 is 4.74 Å². The van der Waals surface area contributed by atoms with Crippen LogP contribution >= 0.6 is 11.6 Å². The second kappa shape index (κ2) is 7.56. The van der Waals surface area contributed by atoms with Crippen LogP contribution in [-0.4, -0.2) is 26.1 Å². The van der Waals surface area contributed by atoms with Crippen molar-refractivity contribution in [1.29, 1.82) is 0 Å². The van der Waals surface area contributed by atoms with Gasteiger partial charge >= 0.3 is 5.97 Å². The van der Waals surface area contributed by atoms with Crippen molar-refractivity contribution in [3.8, 4) is 0 Å². The zero-order valence-electron chi connectivity index (χ0n) is 10.6. The van der Waals surface area contributed by atoms with Gasteiger partial charge in [0.15, 0.2) is 0 Å². The van der Waals surface area contributed by atoms with Gasteiger partial charge in [0.2, 0.25) is 6.41 Å². The number of esters is 1. The van der Waals surface area contributed by atoms with Crippen molar-refractivity contribution in [2.75, 3.05) is 18.8 Å². The summed E-state index contributed by atoms with van der Waals surface area (Å²) in [6.07, 6.45) is 3.30. The van der Waals surface area contributed by atoms with Crippen molar-refractivity contribution in [2.45, 2.75) is 6.92 Å². The first-order chi connectivity index (χ1) is 9.12. The standard InChI is InChI=1S/C13H14ClNO4/c1-3-19-15(9-16)12-8-11(14)6-4-10(12)5-7-13(17)18-2/h4-9H,3H2,1-2H3/b7-5+. The minimum atomic E-state index is -0.491. The van der Waals surface area contributed by atoms with Crippen LogP contribution in [0.5, 0.6) is 0 Å². The number of carbonyl (C=O) groups excluding carboxylic acids is 2. The quantitative estimate of drug-likeness (QED) is 0.348. The van der Waals surface area contributed by atoms with Crippen molar-refractivity contribution >= 4 is 35.7 Å². The molecule has 0 bridgehead atoms. The lowest BCUT2D eigenvalue weighted by atomic mass is 10.1. The highest BCUT2D eigenvalue weighted by atomic mass is 35.5. The SMILES string of the molecule is CCON(C=O)c1cc(Cl)ccc1/C=C/C(=O)OC. The molecule has 0 atom stereocenters. The number of anilines is 1. The van der Waals surface area contributed by atoms with Gasteiger partial charge in [-0.15, -0.1) is 0 Å². The lowest BCUT2D eigenvalue weighted by Gasteiger charge is -2.18. The van der Waals surface area contributed by atoms with E-state index in [1.54, 1.807) is 25.1 Å². The smallest absolute Gasteiger partial charge is 0.330 e. The summed E-state index contributed by atoms with van der Waals surface area (Å²) in [5.41, 5.74) is 1.06. The number of carbonyl (C=O) groups is 2. The van der Waals surface area contributed by atoms with Crippen LogP contribution in [0, 0.1) is 0 Å². The fourth-order valence-corrected chi connectivity index (χ4v) is 1.54. The molecule has 1 rings (SSSR count). The van der Waals surface area contributed by atoms with Crippen LogP contribution in [0.3, 0.4) is 0 Å². The number of nitrogens with zero attached hydrogens (tertiary/aromatic N) is 1. The molecular formula is C13H14ClNO4. The summed E-state index contributed by atoms with van der Waals surface area (Å²) in [5.74, 6) is -0.491. The predicted molar refractivity (Wildman–Crippen MR) is 72.7 cm³/mol. The maximum absolute atomic E-state index is 11.1. The molecule has 0 radical (unpaired) electrons. The van der Waals surface area contributed by atoms with Crippen molar-refractivity contribution in [2.24, 2.45) is 0 Å². The summed E-state index contributed by atoms with van der Waals surface area (Å²) in [6.45, 7) is 2.08. The molecule has 1 amide bonds. The molecule has 0 unspecified atom stereocenters. The van der Waals surface area contributed by atoms with Gasteiger partial charge in [-0.05, 0) is 25.1 Å². The number of methoxy groups -OCH3 is 1. The zero-order valence-corrected chi connectivity index (χ0v) is 11.4. The van der Waals surface area contributed by atoms with Crippen molar-refractivity contribution in [1.82, 2.24) is 0 Å². The molecule has 0 aliphatic heterocycles. The molecule has 0 saturated heterocycles. The molecule has 0 N–H and O–H groups in total. The van der Waals surface area contributed by atoms with E-state index >= 15 is 0 Å². The first kappa shape index (κ1) is 15.2. The zero-order chi connectivity index (χ0) is 14.3. The Balaban J connectivity index is 3.13. The Morgan fingerprint density at radius 2 is 2.21 bits per heavy atom. The lowest BCUT2D eigenvalue weighted by Crippen LogP contribution is -2.22. The number of hydroxylamine groups is 1. The summed E-state index contributed by atoms with van der Waals surface area (Å²) < 4.78 is 4.50. The van der Waals surface area contributed by atoms with Crippen molar-refractivity contribution < 1.29 is 19.2 Å². The predicted octanol–water partition coefficient (Wildman–Crippen LogP) is 2.44. The van der Waals surface area contributed by atoms with Crippen LogP contribution in [0.1, 0.15) is 12.5 Å². The summed E-state index contributed by atoms with van der Waals surface area (Å²) in [5, 5.41) is 1.51. The largest absolute Gasteiger partial charge is 0.466 e. The third-order valence-corrected chi connectivity index (χ3v) is 2.43. The Morgan fingerprint density at radius 1 is 1.47 bits per heavy atom. The monoisotopic (exact) mass is 283 g/mol. The number of rotatable bonds is 6. The van der Waals surface area contributed by atoms with Gasteiger partial charge in [-0.2, -0.15) is 5.06 Å². The molecular weight excluding hydrogens is 270 g/mol. The molecule has 0 aliphatic carbocycles. The molecule has 0 aromatic heterocycles. The second-order valence-electron chi connectivity index (χ2n) is 3.41. The Labute approximate surface area is 116 Å². The number of amides is 1. The van der Waals surface area contributed by atoms with Crippen molar-refractivity contribution in [3.05, 3.63) is 34.9 Å². The maximum atomic E-state index is 11.1. The van der Waals surface area contributed by atoms with Crippen LogP contribution in [-0.2, 0) is 19.2 Å². The summed E-state index contributed by atoms with van der Waals surface area (Å²) >= 11 is 5.89. The van der Waals surface area contributed by atoms with E-state index in [2.05, 4.69) is 4.74 Å². The highest BCUT2D eigenvalue weighted by molar-refractivity contribution is 6.31. The van der Waals surface area contributed by atoms with Gasteiger partial charge in [0, 0.05) is 16.7 Å². The van der Waals surface area contributed by atoms with E-state index < -0.39 is 5.97 Å². The molecule has 1 aromatic rings. The van der Waals surface area contributed by atoms with E-state index in [1.165, 1.54) is 19.3 Å². The van der Waals surface area contributed by atoms with E-state index in [1.807, 2.05) is 0 Å². The van der Waals surface area contributed by atoms with Gasteiger partial charge in [-0.3, -0.25) is 9.63 Å². The summed E-state index contributed by atoms with van der Waals surface area (Å²) in [7, 11) is 1.29. The van der Waals surface area contributed by atoms with Gasteiger partial charge in [-0.1, -0.05) is 17.7 Å². The molecule has 0 saturated carbocycles. The normalized spacial score (nSPS) is 10.5. The van der Waals surface area contributed by atoms with Crippen LogP contribution in [0.2, 0.25) is 5.02 Å². The summed E-state index contributed by atoms with van der Waals surface area (Å²) in [6, 6.07) is 4.89. The number of benzene rings is 1. The molecule has 0 spiro atoms. The Kier molecular flexibility index (Phi) is 6.05. The number of halogens is 1. The van der Waals surface area contributed by atoms with Crippen molar-refractivity contribution in [3.63, 3.8) is 0 Å². The van der Waals surface area contributed by atoms with Gasteiger partial charge in [0.25, 0.3) is 0 Å². The Hall–Kier alpha value is -1.85. The van der Waals surface area contributed by atoms with E-state index in [-0.39, 0.29) is 0 Å². The molecule has 19 heavy (non-hydrogen) atoms. The Morgan fingerprint density at radius 3 is 2.79 bits per heavy atom. The summed E-state index contributed by atoms with van der Waals surface area (Å²) in [4.78, 5) is 27.2. The second-order valence-corrected chi connectivity index (χ2v) is 3.85. The van der Waals surface area contributed by atoms with Crippen LogP contribution in [0.25, 0.3) is 6.08 Å². The van der Waals surface area contributed by atoms with E-state index in [9.17, 15) is 9.59 Å². The first-order valence-electron chi connectivity index (χ1n) is 5.55. The molecule has 1 aromatic carbocycles. The Bertz CT molecular complexity index is 488. The maximum Gasteiger partial charge on any atom is 0.330 e. The van der Waals surface area contributed by atoms with E-state index in [0.29, 0.717) is 29.3 Å². The molecule has 5 nitrogen and oxygen atoms in total. The minimum absolute atomic E-state index is 0.325. The first-order valence-corrected chi connectivity index (χ1v) is 5.93. The van der Waals surface area contributed by atoms with Gasteiger partial charge in [0.1, 0.15) is 0 Å². The number of hydrogen-bond donors (Lipinski definition) is 0. The van der Waals surface area contributed by atoms with Gasteiger partial charge in [-0.25, -0.2) is 4.79 Å². The molecule has 102 valence electrons. The molecule has 0 heterocycles. The van der Waals surface area contributed by atoms with Crippen LogP contribution < -0.4 is 5.06 Å². The fraction of sp³-hybridized carbons (Fsp3) is 0.231. The van der Waals surface area contributed by atoms with Crippen LogP contribution in [0.4, 0.5) is 5.69 Å². The third-order valence-electron chi connectivity index (χ3n) is 2.19. The highest BCUT2D eigenvalue weighted by Gasteiger charge is 2.10. The molecule has 6 heteroatoms. The van der Waals surface area contributed by atoms with E-state index in [4.69, 9.17) is 16.4 Å². The number of ether oxygens (including phenoxy) is 1. The van der Waals surface area contributed by atoms with Gasteiger partial charge in [0.05, 0.1) is 19.4 Å². The average molecular weight is 284 g/mol. The lowest BCUT2D eigenvalue weighted by molar-refractivity contribution is -0.134. The molecule has 0 aliphatic rings. The van der Waals surface area contributed by atoms with Crippen LogP contribution in [0.15, 0.2) is 24.3 Å².